The van der Waals surface area contributed by atoms with E-state index in [1.54, 1.807) is 0 Å². The van der Waals surface area contributed by atoms with Gasteiger partial charge in [0.1, 0.15) is 5.84 Å². The van der Waals surface area contributed by atoms with Crippen LogP contribution in [0, 0.1) is 0 Å². The number of hydrogen-bond acceptors (Lipinski definition) is 5. The molecular formula is C13H21N3O3. The van der Waals surface area contributed by atoms with Crippen molar-refractivity contribution in [1.29, 1.82) is 0 Å². The van der Waals surface area contributed by atoms with Crippen molar-refractivity contribution in [3.63, 3.8) is 0 Å². The highest BCUT2D eigenvalue weighted by Gasteiger charge is 2.21. The van der Waals surface area contributed by atoms with E-state index in [9.17, 15) is 5.11 Å². The highest BCUT2D eigenvalue weighted by atomic mass is 16.4. The van der Waals surface area contributed by atoms with E-state index in [1.165, 1.54) is 6.92 Å². The van der Waals surface area contributed by atoms with Gasteiger partial charge in [0.2, 0.25) is 0 Å². The van der Waals surface area contributed by atoms with Crippen LogP contribution in [0.25, 0.3) is 0 Å². The molecule has 0 aliphatic heterocycles. The van der Waals surface area contributed by atoms with Crippen LogP contribution in [-0.4, -0.2) is 46.6 Å². The van der Waals surface area contributed by atoms with Crippen LogP contribution >= 0.6 is 0 Å². The third-order valence-corrected chi connectivity index (χ3v) is 2.87. The first-order valence-corrected chi connectivity index (χ1v) is 6.06. The van der Waals surface area contributed by atoms with Crippen LogP contribution < -0.4 is 11.1 Å². The molecule has 0 bridgehead atoms. The zero-order chi connectivity index (χ0) is 14.3. The monoisotopic (exact) mass is 267 g/mol. The second kappa shape index (κ2) is 7.08. The van der Waals surface area contributed by atoms with Crippen LogP contribution in [0.4, 0.5) is 0 Å². The number of nitrogens with zero attached hydrogens (tertiary/aromatic N) is 1. The van der Waals surface area contributed by atoms with Gasteiger partial charge in [0.25, 0.3) is 0 Å². The summed E-state index contributed by atoms with van der Waals surface area (Å²) in [6.45, 7) is 1.81. The summed E-state index contributed by atoms with van der Waals surface area (Å²) in [6.07, 6.45) is 0. The number of nitrogens with one attached hydrogen (secondary N) is 1. The molecule has 0 saturated heterocycles. The van der Waals surface area contributed by atoms with Crippen LogP contribution in [0.1, 0.15) is 18.4 Å². The number of rotatable bonds is 7. The Morgan fingerprint density at radius 1 is 1.42 bits per heavy atom. The SMILES string of the molecule is CC(O)(CO)CNCC(C(N)=NO)c1ccccc1. The molecule has 0 aromatic heterocycles. The van der Waals surface area contributed by atoms with Crippen LogP contribution in [0.2, 0.25) is 0 Å². The molecule has 6 nitrogen and oxygen atoms in total. The summed E-state index contributed by atoms with van der Waals surface area (Å²) >= 11 is 0. The molecule has 106 valence electrons. The number of benzene rings is 1. The zero-order valence-electron chi connectivity index (χ0n) is 11.0. The molecule has 0 aliphatic rings. The van der Waals surface area contributed by atoms with Gasteiger partial charge in [-0.25, -0.2) is 0 Å². The standard InChI is InChI=1S/C13H21N3O3/c1-13(18,9-17)8-15-7-11(12(14)16-19)10-5-3-2-4-6-10/h2-6,11,15,17-19H,7-9H2,1H3,(H2,14,16). The third-order valence-electron chi connectivity index (χ3n) is 2.87. The zero-order valence-corrected chi connectivity index (χ0v) is 11.0. The Labute approximate surface area is 112 Å². The minimum absolute atomic E-state index is 0.0994. The maximum atomic E-state index is 9.68. The van der Waals surface area contributed by atoms with E-state index in [4.69, 9.17) is 16.0 Å². The quantitative estimate of drug-likeness (QED) is 0.204. The fourth-order valence-electron chi connectivity index (χ4n) is 1.69. The summed E-state index contributed by atoms with van der Waals surface area (Å²) in [6, 6.07) is 9.40. The smallest absolute Gasteiger partial charge is 0.147 e. The Bertz CT molecular complexity index is 407. The molecular weight excluding hydrogens is 246 g/mol. The van der Waals surface area contributed by atoms with Crippen LogP contribution in [-0.2, 0) is 0 Å². The first kappa shape index (κ1) is 15.4. The number of hydrogen-bond donors (Lipinski definition) is 5. The van der Waals surface area contributed by atoms with Gasteiger partial charge < -0.3 is 26.5 Å². The fraction of sp³-hybridized carbons (Fsp3) is 0.462. The molecule has 1 rings (SSSR count). The molecule has 0 amide bonds. The molecule has 0 fully saturated rings. The highest BCUT2D eigenvalue weighted by Crippen LogP contribution is 2.15. The average molecular weight is 267 g/mol. The molecule has 19 heavy (non-hydrogen) atoms. The van der Waals surface area contributed by atoms with Crippen LogP contribution in [0.5, 0.6) is 0 Å². The number of nitrogens with two attached hydrogens (primary N) is 1. The first-order chi connectivity index (χ1) is 9.00. The van der Waals surface area contributed by atoms with Crippen molar-refractivity contribution in [2.75, 3.05) is 19.7 Å². The molecule has 2 unspecified atom stereocenters. The maximum Gasteiger partial charge on any atom is 0.147 e. The predicted octanol–water partition coefficient (Wildman–Crippen LogP) is -0.150. The lowest BCUT2D eigenvalue weighted by molar-refractivity contribution is 0.00287. The lowest BCUT2D eigenvalue weighted by Gasteiger charge is -2.23. The molecule has 6 heteroatoms. The van der Waals surface area contributed by atoms with Crippen molar-refractivity contribution in [1.82, 2.24) is 5.32 Å². The summed E-state index contributed by atoms with van der Waals surface area (Å²) in [5.74, 6) is -0.192. The molecule has 1 aromatic carbocycles. The van der Waals surface area contributed by atoms with Gasteiger partial charge in [-0.15, -0.1) is 0 Å². The van der Waals surface area contributed by atoms with Crippen molar-refractivity contribution < 1.29 is 15.4 Å². The molecule has 0 saturated carbocycles. The van der Waals surface area contributed by atoms with E-state index in [0.717, 1.165) is 5.56 Å². The molecule has 0 heterocycles. The van der Waals surface area contributed by atoms with Crippen LogP contribution in [0.15, 0.2) is 35.5 Å². The Kier molecular flexibility index (Phi) is 5.75. The number of aliphatic hydroxyl groups excluding tert-OH is 1. The van der Waals surface area contributed by atoms with Gasteiger partial charge >= 0.3 is 0 Å². The lowest BCUT2D eigenvalue weighted by Crippen LogP contribution is -2.43. The predicted molar refractivity (Wildman–Crippen MR) is 73.2 cm³/mol. The maximum absolute atomic E-state index is 9.68. The summed E-state index contributed by atoms with van der Waals surface area (Å²) in [5, 5.41) is 33.5. The first-order valence-electron chi connectivity index (χ1n) is 6.06. The largest absolute Gasteiger partial charge is 0.409 e. The van der Waals surface area contributed by atoms with Gasteiger partial charge in [-0.3, -0.25) is 0 Å². The molecule has 2 atom stereocenters. The minimum Gasteiger partial charge on any atom is -0.409 e. The number of amidine groups is 1. The minimum atomic E-state index is -1.19. The van der Waals surface area contributed by atoms with Crippen LogP contribution in [0.3, 0.4) is 0 Å². The molecule has 6 N–H and O–H groups in total. The average Bonchev–Trinajstić information content (AvgIpc) is 2.44. The van der Waals surface area contributed by atoms with Gasteiger partial charge in [-0.2, -0.15) is 0 Å². The number of oxime groups is 1. The Balaban J connectivity index is 2.68. The van der Waals surface area contributed by atoms with Crippen molar-refractivity contribution in [2.45, 2.75) is 18.4 Å². The van der Waals surface area contributed by atoms with E-state index in [-0.39, 0.29) is 24.9 Å². The Hall–Kier alpha value is -1.63. The Morgan fingerprint density at radius 2 is 2.05 bits per heavy atom. The van der Waals surface area contributed by atoms with E-state index >= 15 is 0 Å². The summed E-state index contributed by atoms with van der Waals surface area (Å²) in [5.41, 5.74) is 5.40. The molecule has 0 aliphatic carbocycles. The second-order valence-electron chi connectivity index (χ2n) is 4.77. The second-order valence-corrected chi connectivity index (χ2v) is 4.77. The van der Waals surface area contributed by atoms with Gasteiger partial charge in [0.15, 0.2) is 0 Å². The van der Waals surface area contributed by atoms with Gasteiger partial charge in [-0.1, -0.05) is 35.5 Å². The van der Waals surface area contributed by atoms with E-state index in [0.29, 0.717) is 6.54 Å². The number of aliphatic hydroxyl groups is 2. The fourth-order valence-corrected chi connectivity index (χ4v) is 1.69. The van der Waals surface area contributed by atoms with Gasteiger partial charge in [0, 0.05) is 13.1 Å². The van der Waals surface area contributed by atoms with Crippen molar-refractivity contribution in [2.24, 2.45) is 10.9 Å². The van der Waals surface area contributed by atoms with Crippen molar-refractivity contribution >= 4 is 5.84 Å². The van der Waals surface area contributed by atoms with E-state index in [2.05, 4.69) is 10.5 Å². The molecule has 1 aromatic rings. The summed E-state index contributed by atoms with van der Waals surface area (Å²) < 4.78 is 0. The lowest BCUT2D eigenvalue weighted by atomic mass is 9.97. The highest BCUT2D eigenvalue weighted by molar-refractivity contribution is 5.87. The van der Waals surface area contributed by atoms with Gasteiger partial charge in [-0.05, 0) is 12.5 Å². The van der Waals surface area contributed by atoms with Gasteiger partial charge in [0.05, 0.1) is 18.1 Å². The normalized spacial score (nSPS) is 16.9. The van der Waals surface area contributed by atoms with E-state index in [1.807, 2.05) is 30.3 Å². The summed E-state index contributed by atoms with van der Waals surface area (Å²) in [7, 11) is 0. The van der Waals surface area contributed by atoms with E-state index < -0.39 is 5.60 Å². The third kappa shape index (κ3) is 4.86. The molecule has 0 spiro atoms. The molecule has 0 radical (unpaired) electrons. The Morgan fingerprint density at radius 3 is 2.58 bits per heavy atom. The van der Waals surface area contributed by atoms with Crippen molar-refractivity contribution in [3.8, 4) is 0 Å². The summed E-state index contributed by atoms with van der Waals surface area (Å²) in [4.78, 5) is 0. The topological polar surface area (TPSA) is 111 Å². The van der Waals surface area contributed by atoms with Crippen molar-refractivity contribution in [3.05, 3.63) is 35.9 Å².